The number of hydrogen-bond acceptors (Lipinski definition) is 14. The SMILES string of the molecule is COc1cc(Nc2ccc3ncc(-c4cc5cccc(OC(F)(F)F)c5s4)n3n2)ccc1OC(F)F.COc1ccc(Nc2ccc3ncc(-c4cc5cccc(OC(F)F)c5s4)n3n2)cc1OC. The predicted octanol–water partition coefficient (Wildman–Crippen LogP) is 12.8. The summed E-state index contributed by atoms with van der Waals surface area (Å²) >= 11 is 2.47. The zero-order valence-electron chi connectivity index (χ0n) is 35.8. The van der Waals surface area contributed by atoms with Crippen molar-refractivity contribution in [3.05, 3.63) is 122 Å². The van der Waals surface area contributed by atoms with Gasteiger partial charge in [0.15, 0.2) is 45.9 Å². The van der Waals surface area contributed by atoms with Crippen molar-refractivity contribution in [3.63, 3.8) is 0 Å². The molecule has 0 aliphatic carbocycles. The summed E-state index contributed by atoms with van der Waals surface area (Å²) in [5.74, 6) is 2.07. The van der Waals surface area contributed by atoms with Crippen LogP contribution in [-0.4, -0.2) is 70.1 Å². The molecule has 69 heavy (non-hydrogen) atoms. The van der Waals surface area contributed by atoms with Crippen LogP contribution in [0.25, 0.3) is 52.6 Å². The van der Waals surface area contributed by atoms with Gasteiger partial charge in [-0.3, -0.25) is 0 Å². The summed E-state index contributed by atoms with van der Waals surface area (Å²) in [6, 6.07) is 30.0. The van der Waals surface area contributed by atoms with Crippen molar-refractivity contribution in [1.82, 2.24) is 29.2 Å². The fourth-order valence-corrected chi connectivity index (χ4v) is 9.30. The minimum absolute atomic E-state index is 0.104. The van der Waals surface area contributed by atoms with Gasteiger partial charge < -0.3 is 39.1 Å². The van der Waals surface area contributed by atoms with Crippen LogP contribution >= 0.6 is 22.7 Å². The van der Waals surface area contributed by atoms with Crippen LogP contribution in [0.5, 0.6) is 34.5 Å². The van der Waals surface area contributed by atoms with Crippen LogP contribution in [0.15, 0.2) is 122 Å². The molecule has 0 aliphatic rings. The van der Waals surface area contributed by atoms with Crippen LogP contribution in [0.4, 0.5) is 53.7 Å². The van der Waals surface area contributed by atoms with Gasteiger partial charge >= 0.3 is 19.6 Å². The Morgan fingerprint density at radius 2 is 0.986 bits per heavy atom. The van der Waals surface area contributed by atoms with Crippen molar-refractivity contribution in [2.75, 3.05) is 32.0 Å². The third-order valence-electron chi connectivity index (χ3n) is 10.00. The number of hydrogen-bond donors (Lipinski definition) is 2. The molecule has 0 bridgehead atoms. The lowest BCUT2D eigenvalue weighted by atomic mass is 10.2. The van der Waals surface area contributed by atoms with Gasteiger partial charge in [0.2, 0.25) is 0 Å². The number of imidazole rings is 2. The third kappa shape index (κ3) is 10.1. The number of thiophene rings is 2. The van der Waals surface area contributed by atoms with E-state index in [0.717, 1.165) is 33.0 Å². The maximum Gasteiger partial charge on any atom is 0.573 e. The highest BCUT2D eigenvalue weighted by Gasteiger charge is 2.32. The minimum atomic E-state index is -4.81. The molecule has 0 fully saturated rings. The Labute approximate surface area is 393 Å². The van der Waals surface area contributed by atoms with E-state index in [4.69, 9.17) is 14.2 Å². The van der Waals surface area contributed by atoms with Crippen LogP contribution in [0, 0.1) is 0 Å². The van der Waals surface area contributed by atoms with E-state index >= 15 is 0 Å². The third-order valence-corrected chi connectivity index (χ3v) is 12.4. The number of alkyl halides is 7. The van der Waals surface area contributed by atoms with Gasteiger partial charge in [0.1, 0.15) is 22.9 Å². The highest BCUT2D eigenvalue weighted by molar-refractivity contribution is 7.23. The fourth-order valence-electron chi connectivity index (χ4n) is 7.08. The summed E-state index contributed by atoms with van der Waals surface area (Å²) in [6.07, 6.45) is -1.53. The van der Waals surface area contributed by atoms with Gasteiger partial charge in [0.05, 0.1) is 52.9 Å². The summed E-state index contributed by atoms with van der Waals surface area (Å²) in [6.45, 7) is -5.88. The molecule has 354 valence electrons. The van der Waals surface area contributed by atoms with Gasteiger partial charge in [0.25, 0.3) is 0 Å². The van der Waals surface area contributed by atoms with E-state index in [-0.39, 0.29) is 23.0 Å². The number of rotatable bonds is 14. The number of halogens is 7. The Bertz CT molecular complexity index is 3450. The van der Waals surface area contributed by atoms with Crippen molar-refractivity contribution >= 4 is 77.2 Å². The number of aromatic nitrogens is 6. The van der Waals surface area contributed by atoms with Crippen LogP contribution in [-0.2, 0) is 0 Å². The second kappa shape index (κ2) is 19.3. The maximum atomic E-state index is 12.8. The summed E-state index contributed by atoms with van der Waals surface area (Å²) in [4.78, 5) is 10.2. The second-order valence-electron chi connectivity index (χ2n) is 14.3. The first kappa shape index (κ1) is 46.1. The molecule has 14 nitrogen and oxygen atoms in total. The zero-order chi connectivity index (χ0) is 48.4. The minimum Gasteiger partial charge on any atom is -0.493 e. The highest BCUT2D eigenvalue weighted by Crippen LogP contribution is 2.42. The number of fused-ring (bicyclic) bond motifs is 4. The van der Waals surface area contributed by atoms with Crippen LogP contribution in [0.1, 0.15) is 0 Å². The normalized spacial score (nSPS) is 11.6. The van der Waals surface area contributed by atoms with Crippen LogP contribution in [0.2, 0.25) is 0 Å². The molecule has 0 saturated carbocycles. The Morgan fingerprint density at radius 3 is 1.48 bits per heavy atom. The van der Waals surface area contributed by atoms with Gasteiger partial charge in [-0.25, -0.2) is 19.0 Å². The molecule has 0 aliphatic heterocycles. The fraction of sp³-hybridized carbons (Fsp3) is 0.130. The number of benzene rings is 4. The van der Waals surface area contributed by atoms with Gasteiger partial charge in [0, 0.05) is 23.5 Å². The van der Waals surface area contributed by atoms with E-state index in [9.17, 15) is 30.7 Å². The topological polar surface area (TPSA) is 140 Å². The molecular weight excluding hydrogens is 958 g/mol. The average Bonchev–Trinajstić information content (AvgIpc) is 4.14. The molecule has 6 heterocycles. The Morgan fingerprint density at radius 1 is 0.522 bits per heavy atom. The van der Waals surface area contributed by atoms with Crippen LogP contribution in [0.3, 0.4) is 0 Å². The molecule has 0 atom stereocenters. The summed E-state index contributed by atoms with van der Waals surface area (Å²) in [5.41, 5.74) is 3.74. The van der Waals surface area contributed by atoms with E-state index in [2.05, 4.69) is 45.0 Å². The first-order valence-corrected chi connectivity index (χ1v) is 21.7. The first-order valence-electron chi connectivity index (χ1n) is 20.1. The van der Waals surface area contributed by atoms with Gasteiger partial charge in [-0.05, 0) is 83.6 Å². The highest BCUT2D eigenvalue weighted by atomic mass is 32.1. The Balaban J connectivity index is 0.000000172. The number of nitrogens with zero attached hydrogens (tertiary/aromatic N) is 6. The van der Waals surface area contributed by atoms with Gasteiger partial charge in [-0.15, -0.1) is 46.0 Å². The smallest absolute Gasteiger partial charge is 0.493 e. The molecule has 0 saturated heterocycles. The summed E-state index contributed by atoms with van der Waals surface area (Å²) in [5, 5.41) is 16.9. The van der Waals surface area contributed by atoms with Gasteiger partial charge in [-0.2, -0.15) is 17.6 Å². The van der Waals surface area contributed by atoms with Crippen molar-refractivity contribution in [1.29, 1.82) is 0 Å². The van der Waals surface area contributed by atoms with Crippen LogP contribution < -0.4 is 39.1 Å². The number of anilines is 4. The van der Waals surface area contributed by atoms with Gasteiger partial charge in [-0.1, -0.05) is 24.3 Å². The quantitative estimate of drug-likeness (QED) is 0.100. The molecule has 10 rings (SSSR count). The molecule has 2 N–H and O–H groups in total. The molecular formula is C46H33F7N8O6S2. The molecule has 6 aromatic heterocycles. The molecule has 10 aromatic rings. The second-order valence-corrected chi connectivity index (χ2v) is 16.4. The first-order chi connectivity index (χ1) is 33.2. The lowest BCUT2D eigenvalue weighted by molar-refractivity contribution is -0.274. The lowest BCUT2D eigenvalue weighted by Gasteiger charge is -2.12. The van der Waals surface area contributed by atoms with Crippen molar-refractivity contribution in [3.8, 4) is 55.6 Å². The number of ether oxygens (including phenoxy) is 6. The van der Waals surface area contributed by atoms with Crippen molar-refractivity contribution in [2.45, 2.75) is 19.6 Å². The largest absolute Gasteiger partial charge is 0.573 e. The molecule has 4 aromatic carbocycles. The van der Waals surface area contributed by atoms with E-state index in [1.807, 2.05) is 36.4 Å². The Hall–Kier alpha value is -8.05. The maximum absolute atomic E-state index is 12.8. The zero-order valence-corrected chi connectivity index (χ0v) is 37.4. The number of methoxy groups -OCH3 is 3. The molecule has 0 amide bonds. The van der Waals surface area contributed by atoms with E-state index < -0.39 is 19.6 Å². The molecule has 0 spiro atoms. The predicted molar refractivity (Wildman–Crippen MR) is 247 cm³/mol. The van der Waals surface area contributed by atoms with E-state index in [1.54, 1.807) is 72.0 Å². The monoisotopic (exact) mass is 990 g/mol. The number of nitrogens with one attached hydrogen (secondary N) is 2. The molecule has 23 heteroatoms. The van der Waals surface area contributed by atoms with E-state index in [1.165, 1.54) is 54.8 Å². The Kier molecular flexibility index (Phi) is 12.9. The standard InChI is InChI=1S/C23H15F5N4O3S.C23H18F2N4O3S/c1-33-17-10-13(5-6-15(17)34-22(24)25)30-19-7-8-20-29-11-14(32(20)31-19)18-9-12-3-2-4-16(21(12)36-18)35-23(26,27)28;1-30-16-7-6-14(11-18(16)31-2)27-20-8-9-21-26-12-15(29(21)28-20)19-10-13-4-3-5-17(22(13)33-19)32-23(24)25/h2-11,22H,1H3,(H,30,31);3-12,23H,1-2H3,(H,27,28). The molecule has 0 radical (unpaired) electrons. The molecule has 0 unspecified atom stereocenters. The lowest BCUT2D eigenvalue weighted by Crippen LogP contribution is -2.17. The summed E-state index contributed by atoms with van der Waals surface area (Å²) < 4.78 is 122. The average molecular weight is 991 g/mol. The van der Waals surface area contributed by atoms with Crippen molar-refractivity contribution < 1.29 is 59.2 Å². The van der Waals surface area contributed by atoms with E-state index in [0.29, 0.717) is 65.5 Å². The summed E-state index contributed by atoms with van der Waals surface area (Å²) in [7, 11) is 4.49. The van der Waals surface area contributed by atoms with Crippen molar-refractivity contribution in [2.24, 2.45) is 0 Å².